The minimum Gasteiger partial charge on any atom is -0.490 e. The highest BCUT2D eigenvalue weighted by molar-refractivity contribution is 5.81. The molecule has 3 aromatic rings. The van der Waals surface area contributed by atoms with E-state index in [1.807, 2.05) is 6.07 Å². The van der Waals surface area contributed by atoms with Gasteiger partial charge in [-0.05, 0) is 54.5 Å². The molecule has 0 radical (unpaired) electrons. The van der Waals surface area contributed by atoms with E-state index >= 15 is 4.39 Å². The molecule has 2 aromatic heterocycles. The van der Waals surface area contributed by atoms with Crippen molar-refractivity contribution in [3.63, 3.8) is 0 Å². The van der Waals surface area contributed by atoms with Gasteiger partial charge >= 0.3 is 0 Å². The average Bonchev–Trinajstić information content (AvgIpc) is 3.15. The third-order valence-electron chi connectivity index (χ3n) is 6.40. The second kappa shape index (κ2) is 11.0. The zero-order valence-corrected chi connectivity index (χ0v) is 20.2. The number of halogens is 2. The maximum absolute atomic E-state index is 15.0. The maximum atomic E-state index is 15.0. The first-order chi connectivity index (χ1) is 17.6. The van der Waals surface area contributed by atoms with Crippen molar-refractivity contribution in [1.82, 2.24) is 15.3 Å². The second-order valence-corrected chi connectivity index (χ2v) is 8.90. The predicted octanol–water partition coefficient (Wildman–Crippen LogP) is 5.71. The van der Waals surface area contributed by atoms with Gasteiger partial charge in [0, 0.05) is 42.6 Å². The van der Waals surface area contributed by atoms with Crippen molar-refractivity contribution in [3.05, 3.63) is 88.5 Å². The second-order valence-electron chi connectivity index (χ2n) is 8.90. The van der Waals surface area contributed by atoms with E-state index in [0.717, 1.165) is 48.4 Å². The number of fused-ring (bicyclic) bond motifs is 1. The van der Waals surface area contributed by atoms with Crippen molar-refractivity contribution < 1.29 is 23.0 Å². The summed E-state index contributed by atoms with van der Waals surface area (Å²) in [6.07, 6.45) is 13.8. The van der Waals surface area contributed by atoms with Gasteiger partial charge in [-0.15, -0.1) is 0 Å². The fourth-order valence-electron chi connectivity index (χ4n) is 4.52. The van der Waals surface area contributed by atoms with Crippen LogP contribution in [-0.4, -0.2) is 36.9 Å². The molecular weight excluding hydrogens is 464 g/mol. The normalized spacial score (nSPS) is 15.4. The molecular formula is C28H29F2N3O3. The van der Waals surface area contributed by atoms with Crippen molar-refractivity contribution in [1.29, 1.82) is 0 Å². The van der Waals surface area contributed by atoms with E-state index in [1.165, 1.54) is 17.3 Å². The lowest BCUT2D eigenvalue weighted by Gasteiger charge is -2.18. The van der Waals surface area contributed by atoms with Crippen molar-refractivity contribution >= 4 is 11.0 Å². The Labute approximate surface area is 208 Å². The topological polar surface area (TPSA) is 68.4 Å². The van der Waals surface area contributed by atoms with Crippen LogP contribution in [0.4, 0.5) is 8.78 Å². The summed E-state index contributed by atoms with van der Waals surface area (Å²) in [6, 6.07) is 4.17. The molecule has 0 fully saturated rings. The van der Waals surface area contributed by atoms with E-state index in [2.05, 4.69) is 33.5 Å². The number of aromatic amines is 1. The van der Waals surface area contributed by atoms with Gasteiger partial charge < -0.3 is 24.5 Å². The molecule has 2 N–H and O–H groups in total. The molecule has 0 atom stereocenters. The lowest BCUT2D eigenvalue weighted by atomic mass is 10.0. The van der Waals surface area contributed by atoms with E-state index < -0.39 is 11.6 Å². The number of hydrogen-bond acceptors (Lipinski definition) is 5. The minimum atomic E-state index is -0.595. The number of H-pyrrole nitrogens is 1. The number of nitrogens with zero attached hydrogens (tertiary/aromatic N) is 1. The molecule has 3 heterocycles. The summed E-state index contributed by atoms with van der Waals surface area (Å²) in [5.74, 6) is -0.631. The highest BCUT2D eigenvalue weighted by atomic mass is 19.1. The monoisotopic (exact) mass is 493 g/mol. The van der Waals surface area contributed by atoms with Crippen molar-refractivity contribution in [2.75, 3.05) is 26.9 Å². The van der Waals surface area contributed by atoms with Crippen molar-refractivity contribution in [3.8, 4) is 11.5 Å². The van der Waals surface area contributed by atoms with E-state index in [4.69, 9.17) is 14.2 Å². The van der Waals surface area contributed by atoms with Crippen LogP contribution in [0.5, 0.6) is 11.5 Å². The predicted molar refractivity (Wildman–Crippen MR) is 134 cm³/mol. The van der Waals surface area contributed by atoms with Crippen LogP contribution in [0, 0.1) is 11.6 Å². The molecule has 2 aliphatic rings. The molecule has 0 amide bonds. The van der Waals surface area contributed by atoms with Crippen molar-refractivity contribution in [2.45, 2.75) is 32.1 Å². The standard InChI is InChI=1S/C28H29F2N3O3/c1-34-9-10-35-22-13-23-20(15-31-28(23)32-16-22)11-19-12-25(30)27(14-24(19)29)36-17-21-7-4-6-18-5-2-3-8-26(18)33-21/h2,5,7,12-16,33H,3-4,6,8-11,17H2,1H3,(H,31,32). The number of nitrogens with one attached hydrogen (secondary N) is 2. The zero-order chi connectivity index (χ0) is 24.9. The van der Waals surface area contributed by atoms with Gasteiger partial charge in [0.25, 0.3) is 0 Å². The maximum Gasteiger partial charge on any atom is 0.165 e. The number of allylic oxidation sites excluding steroid dienone is 5. The van der Waals surface area contributed by atoms with Crippen LogP contribution in [0.2, 0.25) is 0 Å². The van der Waals surface area contributed by atoms with E-state index in [1.54, 1.807) is 19.5 Å². The Morgan fingerprint density at radius 2 is 1.92 bits per heavy atom. The fraction of sp³-hybridized carbons (Fsp3) is 0.321. The van der Waals surface area contributed by atoms with Gasteiger partial charge in [-0.3, -0.25) is 0 Å². The Morgan fingerprint density at radius 3 is 2.81 bits per heavy atom. The number of pyridine rings is 1. The first-order valence-corrected chi connectivity index (χ1v) is 12.1. The van der Waals surface area contributed by atoms with Gasteiger partial charge in [-0.25, -0.2) is 13.8 Å². The molecule has 0 bridgehead atoms. The van der Waals surface area contributed by atoms with Crippen LogP contribution in [0.1, 0.15) is 36.8 Å². The highest BCUT2D eigenvalue weighted by Crippen LogP contribution is 2.29. The van der Waals surface area contributed by atoms with Gasteiger partial charge in [-0.1, -0.05) is 18.2 Å². The Balaban J connectivity index is 1.28. The Hall–Kier alpha value is -3.65. The molecule has 1 aromatic carbocycles. The molecule has 0 unspecified atom stereocenters. The molecule has 0 spiro atoms. The summed E-state index contributed by atoms with van der Waals surface area (Å²) in [4.78, 5) is 7.43. The molecule has 8 heteroatoms. The van der Waals surface area contributed by atoms with Crippen molar-refractivity contribution in [2.24, 2.45) is 0 Å². The van der Waals surface area contributed by atoms with E-state index in [9.17, 15) is 4.39 Å². The Morgan fingerprint density at radius 1 is 1.00 bits per heavy atom. The zero-order valence-electron chi connectivity index (χ0n) is 20.2. The molecule has 36 heavy (non-hydrogen) atoms. The number of aromatic nitrogens is 2. The molecule has 0 saturated heterocycles. The molecule has 6 nitrogen and oxygen atoms in total. The smallest absolute Gasteiger partial charge is 0.165 e. The summed E-state index contributed by atoms with van der Waals surface area (Å²) in [6.45, 7) is 1.00. The van der Waals surface area contributed by atoms with E-state index in [0.29, 0.717) is 24.6 Å². The number of methoxy groups -OCH3 is 1. The molecule has 1 aliphatic heterocycles. The lowest BCUT2D eigenvalue weighted by molar-refractivity contribution is 0.146. The quantitative estimate of drug-likeness (QED) is 0.374. The fourth-order valence-corrected chi connectivity index (χ4v) is 4.52. The first kappa shape index (κ1) is 24.1. The molecule has 188 valence electrons. The van der Waals surface area contributed by atoms with Crippen LogP contribution < -0.4 is 14.8 Å². The van der Waals surface area contributed by atoms with Gasteiger partial charge in [0.05, 0.1) is 12.8 Å². The third-order valence-corrected chi connectivity index (χ3v) is 6.40. The van der Waals surface area contributed by atoms with Gasteiger partial charge in [0.15, 0.2) is 11.6 Å². The van der Waals surface area contributed by atoms with Crippen LogP contribution in [0.3, 0.4) is 0 Å². The van der Waals surface area contributed by atoms with Crippen LogP contribution in [0.15, 0.2) is 65.8 Å². The number of hydrogen-bond donors (Lipinski definition) is 2. The van der Waals surface area contributed by atoms with Gasteiger partial charge in [0.1, 0.15) is 30.4 Å². The first-order valence-electron chi connectivity index (χ1n) is 12.1. The summed E-state index contributed by atoms with van der Waals surface area (Å²) in [7, 11) is 1.60. The SMILES string of the molecule is COCCOc1cnc2[nH]cc(Cc3cc(F)c(OCC4=CCCC5=C(CCC=C5)N4)cc3F)c2c1. The third kappa shape index (κ3) is 5.44. The Bertz CT molecular complexity index is 1340. The summed E-state index contributed by atoms with van der Waals surface area (Å²) in [5.41, 5.74) is 5.04. The van der Waals surface area contributed by atoms with Crippen LogP contribution in [-0.2, 0) is 11.2 Å². The lowest BCUT2D eigenvalue weighted by Crippen LogP contribution is -2.19. The molecule has 5 rings (SSSR count). The summed E-state index contributed by atoms with van der Waals surface area (Å²) >= 11 is 0. The van der Waals surface area contributed by atoms with Crippen LogP contribution in [0.25, 0.3) is 11.0 Å². The molecule has 0 saturated carbocycles. The molecule has 1 aliphatic carbocycles. The van der Waals surface area contributed by atoms with Gasteiger partial charge in [0.2, 0.25) is 0 Å². The number of ether oxygens (including phenoxy) is 3. The number of benzene rings is 1. The Kier molecular flexibility index (Phi) is 7.32. The highest BCUT2D eigenvalue weighted by Gasteiger charge is 2.17. The average molecular weight is 494 g/mol. The minimum absolute atomic E-state index is 0.102. The van der Waals surface area contributed by atoms with E-state index in [-0.39, 0.29) is 24.3 Å². The van der Waals surface area contributed by atoms with Crippen LogP contribution >= 0.6 is 0 Å². The van der Waals surface area contributed by atoms with Gasteiger partial charge in [-0.2, -0.15) is 0 Å². The summed E-state index contributed by atoms with van der Waals surface area (Å²) in [5, 5.41) is 4.22. The largest absolute Gasteiger partial charge is 0.490 e. The summed E-state index contributed by atoms with van der Waals surface area (Å²) < 4.78 is 46.2. The number of rotatable bonds is 9.